The number of carbonyl (C=O) groups is 11. The van der Waals surface area contributed by atoms with Crippen LogP contribution in [0.25, 0.3) is 0 Å². The Morgan fingerprint density at radius 1 is 0.625 bits per heavy atom. The fourth-order valence-corrected chi connectivity index (χ4v) is 7.11. The molecule has 1 aromatic heterocycles. The molecule has 0 bridgehead atoms. The van der Waals surface area contributed by atoms with E-state index in [0.29, 0.717) is 5.69 Å². The number of carboxylic acids is 4. The van der Waals surface area contributed by atoms with Gasteiger partial charge in [-0.2, -0.15) is 0 Å². The van der Waals surface area contributed by atoms with Gasteiger partial charge in [0.2, 0.25) is 35.4 Å². The summed E-state index contributed by atoms with van der Waals surface area (Å²) in [5.74, 6) is -14.4. The molecule has 34 heteroatoms. The number of amides is 7. The van der Waals surface area contributed by atoms with E-state index in [9.17, 15) is 87.8 Å². The number of aromatic nitrogens is 3. The fourth-order valence-electron chi connectivity index (χ4n) is 7.11. The third-order valence-corrected chi connectivity index (χ3v) is 11.4. The number of carbonyl (C=O) groups excluding carboxylic acids is 7. The number of halogens is 1. The smallest absolute Gasteiger partial charge is 0.305 e. The van der Waals surface area contributed by atoms with E-state index >= 15 is 0 Å². The van der Waals surface area contributed by atoms with E-state index in [-0.39, 0.29) is 78.7 Å². The number of nitrogens with one attached hydrogen (secondary N) is 7. The number of rotatable bonds is 41. The first-order chi connectivity index (χ1) is 37.8. The maximum atomic E-state index is 13.8. The van der Waals surface area contributed by atoms with Crippen molar-refractivity contribution >= 4 is 65.2 Å². The molecule has 1 aliphatic rings. The Morgan fingerprint density at radius 3 is 1.73 bits per heavy atom. The molecule has 0 saturated carbocycles. The summed E-state index contributed by atoms with van der Waals surface area (Å²) in [6.07, 6.45) is -11.9. The molecule has 80 heavy (non-hydrogen) atoms. The van der Waals surface area contributed by atoms with Gasteiger partial charge in [-0.15, -0.1) is 5.10 Å². The molecule has 5 unspecified atom stereocenters. The highest BCUT2D eigenvalue weighted by Crippen LogP contribution is 2.22. The fraction of sp³-hybridized carbons (Fsp3) is 0.717. The number of hydrogen-bond donors (Lipinski definition) is 14. The number of ether oxygens (including phenoxy) is 5. The number of aliphatic carboxylic acids is 4. The predicted octanol–water partition coefficient (Wildman–Crippen LogP) is -6.28. The van der Waals surface area contributed by atoms with E-state index in [1.165, 1.54) is 27.0 Å². The van der Waals surface area contributed by atoms with E-state index in [2.05, 4.69) is 42.2 Å². The zero-order valence-corrected chi connectivity index (χ0v) is 44.2. The van der Waals surface area contributed by atoms with Crippen LogP contribution in [-0.2, 0) is 89.4 Å². The first-order valence-corrected chi connectivity index (χ1v) is 25.2. The van der Waals surface area contributed by atoms with Gasteiger partial charge in [0, 0.05) is 25.7 Å². The van der Waals surface area contributed by atoms with Crippen LogP contribution in [0.4, 0.5) is 4.39 Å². The number of aliphatic hydroxyl groups is 3. The third-order valence-electron chi connectivity index (χ3n) is 11.4. The second kappa shape index (κ2) is 37.0. The van der Waals surface area contributed by atoms with Crippen LogP contribution in [0.15, 0.2) is 6.20 Å². The summed E-state index contributed by atoms with van der Waals surface area (Å²) in [4.78, 5) is 139. The molecule has 1 fully saturated rings. The van der Waals surface area contributed by atoms with Crippen LogP contribution in [0, 0.1) is 5.92 Å². The Hall–Kier alpha value is -7.08. The highest BCUT2D eigenvalue weighted by Gasteiger charge is 2.47. The van der Waals surface area contributed by atoms with Gasteiger partial charge in [-0.1, -0.05) is 19.1 Å². The van der Waals surface area contributed by atoms with E-state index in [1.807, 2.05) is 5.32 Å². The van der Waals surface area contributed by atoms with Crippen LogP contribution < -0.4 is 37.2 Å². The largest absolute Gasteiger partial charge is 0.481 e. The summed E-state index contributed by atoms with van der Waals surface area (Å²) in [6.45, 7) is 3.92. The molecule has 452 valence electrons. The Balaban J connectivity index is 2.04. The molecule has 2 heterocycles. The van der Waals surface area contributed by atoms with Crippen LogP contribution in [0.2, 0.25) is 0 Å². The molecule has 1 aliphatic heterocycles. The lowest BCUT2D eigenvalue weighted by molar-refractivity contribution is -0.219. The van der Waals surface area contributed by atoms with Gasteiger partial charge in [-0.3, -0.25) is 57.1 Å². The van der Waals surface area contributed by atoms with Gasteiger partial charge in [0.15, 0.2) is 6.10 Å². The molecular formula is C46H73FN10O23. The van der Waals surface area contributed by atoms with Crippen molar-refractivity contribution in [1.29, 1.82) is 0 Å². The Bertz CT molecular complexity index is 2210. The molecule has 7 amide bonds. The average Bonchev–Trinajstić information content (AvgIpc) is 3.83. The Kier molecular flexibility index (Phi) is 31.9. The van der Waals surface area contributed by atoms with Crippen molar-refractivity contribution in [2.45, 2.75) is 133 Å². The topological polar surface area (TPSA) is 490 Å². The summed E-state index contributed by atoms with van der Waals surface area (Å²) in [5, 5.41) is 92.5. The second-order valence-electron chi connectivity index (χ2n) is 18.2. The lowest BCUT2D eigenvalue weighted by Gasteiger charge is -2.40. The minimum Gasteiger partial charge on any atom is -0.481 e. The quantitative estimate of drug-likeness (QED) is 0.0271. The van der Waals surface area contributed by atoms with Gasteiger partial charge in [0.05, 0.1) is 84.5 Å². The molecule has 33 nitrogen and oxygen atoms in total. The summed E-state index contributed by atoms with van der Waals surface area (Å²) in [5.41, 5.74) is 0.408. The standard InChI is InChI=1S/C46H73FN10O23/c1-24(2)36(45(74)52-28(19-34(63)64)43(72)50-25(3)41(70)48-10-12-77-14-16-79-18-17-78-15-13-76-11-8-33(61)62)54-42(71)27(6-7-32(59)60)51-44(73)29(20-35(65)66)53-46(75)40-39(69)38(68)37(67)30(80-40)21-49-31(58)23-57-22-26(55-56-57)5-4-9-47/h22,24-25,27-30,36-40,67-69H,4-21,23H2,1-3H3,(H,48,70)(H,49,58)(H,50,72)(H,51,73)(H,52,74)(H,53,75)(H,54,71)(H,59,60)(H,61,62)(H,63,64)(H,65,66)/t25-,27-,28-,29-,30?,36-,37?,38?,39?,40?/m0/s1/i47-1. The normalized spacial score (nSPS) is 18.8. The van der Waals surface area contributed by atoms with Crippen molar-refractivity contribution in [2.24, 2.45) is 5.92 Å². The van der Waals surface area contributed by atoms with E-state index in [0.717, 1.165) is 4.68 Å². The molecule has 2 rings (SSSR count). The zero-order chi connectivity index (χ0) is 59.9. The van der Waals surface area contributed by atoms with Gasteiger partial charge in [-0.05, 0) is 32.1 Å². The highest BCUT2D eigenvalue weighted by atomic mass is 18.2. The number of aryl methyl sites for hydroxylation is 1. The van der Waals surface area contributed by atoms with Crippen molar-refractivity contribution in [2.75, 3.05) is 72.6 Å². The third kappa shape index (κ3) is 26.7. The Labute approximate surface area is 456 Å². The van der Waals surface area contributed by atoms with Crippen LogP contribution in [0.3, 0.4) is 0 Å². The minimum absolute atomic E-state index is 0.0144. The number of nitrogens with zero attached hydrogens (tertiary/aromatic N) is 3. The second-order valence-corrected chi connectivity index (χ2v) is 18.2. The molecule has 1 saturated heterocycles. The van der Waals surface area contributed by atoms with Crippen LogP contribution in [0.5, 0.6) is 0 Å². The number of alkyl halides is 1. The van der Waals surface area contributed by atoms with Gasteiger partial charge in [0.25, 0.3) is 5.91 Å². The molecule has 0 spiro atoms. The van der Waals surface area contributed by atoms with Crippen LogP contribution in [-0.4, -0.2) is 249 Å². The van der Waals surface area contributed by atoms with E-state index in [4.69, 9.17) is 28.8 Å². The average molecular weight is 1150 g/mol. The molecule has 10 atom stereocenters. The molecule has 0 aromatic carbocycles. The van der Waals surface area contributed by atoms with Crippen molar-refractivity contribution in [3.63, 3.8) is 0 Å². The number of aliphatic hydroxyl groups excluding tert-OH is 3. The number of hydrogen-bond acceptors (Lipinski definition) is 21. The maximum Gasteiger partial charge on any atom is 0.305 e. The lowest BCUT2D eigenvalue weighted by atomic mass is 9.94. The first-order valence-electron chi connectivity index (χ1n) is 25.2. The van der Waals surface area contributed by atoms with Gasteiger partial charge in [-0.25, -0.2) is 4.68 Å². The molecule has 0 radical (unpaired) electrons. The van der Waals surface area contributed by atoms with Gasteiger partial charge in [0.1, 0.15) is 61.2 Å². The van der Waals surface area contributed by atoms with Crippen molar-refractivity contribution < 1.29 is 117 Å². The highest BCUT2D eigenvalue weighted by molar-refractivity contribution is 5.98. The lowest BCUT2D eigenvalue weighted by Crippen LogP contribution is -2.65. The molecule has 1 aromatic rings. The SMILES string of the molecule is CC(C)[C@H](NC(=O)[C@H](CCC(=O)O)NC(=O)[C@H](CC(=O)O)NC(=O)C1OC(CNC(=O)Cn2cc(CCC[18F])nn2)C(O)C(O)C1O)C(=O)N[C@@H](CC(=O)O)C(=O)N[C@@H](C)C(=O)NCCOCCOCCOCCOCCC(=O)O. The molecule has 14 N–H and O–H groups in total. The summed E-state index contributed by atoms with van der Waals surface area (Å²) >= 11 is 0. The van der Waals surface area contributed by atoms with Gasteiger partial charge < -0.3 is 96.6 Å². The van der Waals surface area contributed by atoms with Crippen molar-refractivity contribution in [1.82, 2.24) is 52.2 Å². The predicted molar refractivity (Wildman–Crippen MR) is 264 cm³/mol. The monoisotopic (exact) mass is 1150 g/mol. The summed E-state index contributed by atoms with van der Waals surface area (Å²) in [6, 6.07) is -8.76. The summed E-state index contributed by atoms with van der Waals surface area (Å²) in [7, 11) is 0. The minimum atomic E-state index is -2.20. The summed E-state index contributed by atoms with van der Waals surface area (Å²) < 4.78 is 40.3. The van der Waals surface area contributed by atoms with Crippen LogP contribution in [0.1, 0.15) is 65.0 Å². The van der Waals surface area contributed by atoms with E-state index in [1.54, 1.807) is 0 Å². The van der Waals surface area contributed by atoms with Crippen molar-refractivity contribution in [3.8, 4) is 0 Å². The van der Waals surface area contributed by atoms with E-state index < -0.39 is 177 Å². The number of carboxylic acid groups (broad SMARTS) is 4. The van der Waals surface area contributed by atoms with Gasteiger partial charge >= 0.3 is 23.9 Å². The maximum absolute atomic E-state index is 13.8. The Morgan fingerprint density at radius 2 is 1.16 bits per heavy atom. The molecular weight excluding hydrogens is 1080 g/mol. The van der Waals surface area contributed by atoms with Crippen molar-refractivity contribution in [3.05, 3.63) is 11.9 Å². The molecule has 0 aliphatic carbocycles. The zero-order valence-electron chi connectivity index (χ0n) is 44.2. The van der Waals surface area contributed by atoms with Crippen LogP contribution >= 0.6 is 0 Å². The first kappa shape index (κ1) is 69.0.